The third-order valence-electron chi connectivity index (χ3n) is 3.17. The molecule has 114 valence electrons. The van der Waals surface area contributed by atoms with Crippen molar-refractivity contribution < 1.29 is 19.1 Å². The summed E-state index contributed by atoms with van der Waals surface area (Å²) in [6.45, 7) is 3.16. The summed E-state index contributed by atoms with van der Waals surface area (Å²) in [5.74, 6) is -0.237. The second kappa shape index (κ2) is 6.62. The van der Waals surface area contributed by atoms with Crippen LogP contribution in [0.5, 0.6) is 11.5 Å². The minimum absolute atomic E-state index is 0.185. The molecule has 0 saturated heterocycles. The molecule has 0 amide bonds. The zero-order valence-corrected chi connectivity index (χ0v) is 13.2. The van der Waals surface area contributed by atoms with Gasteiger partial charge in [0, 0.05) is 5.02 Å². The Morgan fingerprint density at radius 2 is 1.73 bits per heavy atom. The van der Waals surface area contributed by atoms with E-state index in [9.17, 15) is 9.59 Å². The smallest absolute Gasteiger partial charge is 0.347 e. The second-order valence-electron chi connectivity index (χ2n) is 4.74. The number of ketones is 1. The maximum atomic E-state index is 12.3. The van der Waals surface area contributed by atoms with E-state index < -0.39 is 5.97 Å². The fourth-order valence-electron chi connectivity index (χ4n) is 1.98. The lowest BCUT2D eigenvalue weighted by Gasteiger charge is -2.12. The summed E-state index contributed by atoms with van der Waals surface area (Å²) in [7, 11) is 1.47. The van der Waals surface area contributed by atoms with Crippen LogP contribution in [-0.2, 0) is 0 Å². The van der Waals surface area contributed by atoms with Gasteiger partial charge in [0.25, 0.3) is 0 Å². The Morgan fingerprint density at radius 1 is 1.05 bits per heavy atom. The zero-order chi connectivity index (χ0) is 16.3. The Kier molecular flexibility index (Phi) is 4.83. The molecule has 0 aliphatic carbocycles. The van der Waals surface area contributed by atoms with Gasteiger partial charge in [-0.05, 0) is 43.7 Å². The lowest BCUT2D eigenvalue weighted by molar-refractivity contribution is 0.0729. The van der Waals surface area contributed by atoms with Gasteiger partial charge in [0.05, 0.1) is 12.7 Å². The fraction of sp³-hybridized carbons (Fsp3) is 0.176. The number of carbonyl (C=O) groups excluding carboxylic acids is 2. The Balaban J connectivity index is 2.40. The molecule has 0 N–H and O–H groups in total. The van der Waals surface area contributed by atoms with Gasteiger partial charge in [-0.15, -0.1) is 0 Å². The lowest BCUT2D eigenvalue weighted by Crippen LogP contribution is -2.12. The van der Waals surface area contributed by atoms with E-state index in [1.165, 1.54) is 20.1 Å². The molecule has 0 unspecified atom stereocenters. The predicted molar refractivity (Wildman–Crippen MR) is 84.1 cm³/mol. The summed E-state index contributed by atoms with van der Waals surface area (Å²) in [6, 6.07) is 9.80. The summed E-state index contributed by atoms with van der Waals surface area (Å²) in [5.41, 5.74) is 1.26. The number of ether oxygens (including phenoxy) is 2. The first-order chi connectivity index (χ1) is 10.4. The quantitative estimate of drug-likeness (QED) is 0.484. The highest BCUT2D eigenvalue weighted by molar-refractivity contribution is 6.31. The number of hydrogen-bond acceptors (Lipinski definition) is 4. The number of aryl methyl sites for hydroxylation is 1. The molecule has 0 heterocycles. The van der Waals surface area contributed by atoms with Crippen LogP contribution < -0.4 is 9.47 Å². The van der Waals surface area contributed by atoms with Crippen molar-refractivity contribution in [1.29, 1.82) is 0 Å². The Morgan fingerprint density at radius 3 is 2.36 bits per heavy atom. The number of esters is 1. The first-order valence-corrected chi connectivity index (χ1v) is 6.98. The molecule has 5 heteroatoms. The standard InChI is InChI=1S/C17H15ClO4/c1-10-8-16(13(11(2)19)9-14(10)18)22-17(20)12-6-4-5-7-15(12)21-3/h4-9H,1-3H3. The number of Topliss-reactive ketones (excluding diaryl/α,β-unsaturated/α-hetero) is 1. The number of carbonyl (C=O) groups is 2. The highest BCUT2D eigenvalue weighted by Gasteiger charge is 2.18. The van der Waals surface area contributed by atoms with Gasteiger partial charge < -0.3 is 9.47 Å². The topological polar surface area (TPSA) is 52.6 Å². The van der Waals surface area contributed by atoms with Crippen molar-refractivity contribution in [2.75, 3.05) is 7.11 Å². The second-order valence-corrected chi connectivity index (χ2v) is 5.15. The molecule has 0 aliphatic rings. The van der Waals surface area contributed by atoms with Gasteiger partial charge in [0.2, 0.25) is 0 Å². The van der Waals surface area contributed by atoms with Crippen LogP contribution in [0.3, 0.4) is 0 Å². The predicted octanol–water partition coefficient (Wildman–Crippen LogP) is 4.08. The number of benzene rings is 2. The SMILES string of the molecule is COc1ccccc1C(=O)Oc1cc(C)c(Cl)cc1C(C)=O. The molecule has 2 aromatic carbocycles. The average molecular weight is 319 g/mol. The Labute approximate surface area is 133 Å². The largest absolute Gasteiger partial charge is 0.496 e. The fourth-order valence-corrected chi connectivity index (χ4v) is 2.15. The number of methoxy groups -OCH3 is 1. The van der Waals surface area contributed by atoms with Gasteiger partial charge >= 0.3 is 5.97 Å². The van der Waals surface area contributed by atoms with E-state index in [1.54, 1.807) is 37.3 Å². The van der Waals surface area contributed by atoms with Crippen molar-refractivity contribution in [3.05, 3.63) is 58.1 Å². The van der Waals surface area contributed by atoms with Crippen LogP contribution in [0, 0.1) is 6.92 Å². The van der Waals surface area contributed by atoms with Crippen LogP contribution in [0.25, 0.3) is 0 Å². The molecule has 0 fully saturated rings. The van der Waals surface area contributed by atoms with E-state index in [0.717, 1.165) is 5.56 Å². The third kappa shape index (κ3) is 3.28. The molecule has 4 nitrogen and oxygen atoms in total. The van der Waals surface area contributed by atoms with E-state index in [4.69, 9.17) is 21.1 Å². The average Bonchev–Trinajstić information content (AvgIpc) is 2.50. The number of hydrogen-bond donors (Lipinski definition) is 0. The van der Waals surface area contributed by atoms with Gasteiger partial charge in [-0.1, -0.05) is 23.7 Å². The van der Waals surface area contributed by atoms with Crippen molar-refractivity contribution in [2.24, 2.45) is 0 Å². The molecule has 2 aromatic rings. The lowest BCUT2D eigenvalue weighted by atomic mass is 10.1. The van der Waals surface area contributed by atoms with Gasteiger partial charge in [-0.3, -0.25) is 4.79 Å². The normalized spacial score (nSPS) is 10.2. The molecule has 0 saturated carbocycles. The van der Waals surface area contributed by atoms with Crippen LogP contribution in [0.15, 0.2) is 36.4 Å². The van der Waals surface area contributed by atoms with Crippen molar-refractivity contribution in [3.63, 3.8) is 0 Å². The molecule has 0 atom stereocenters. The van der Waals surface area contributed by atoms with Crippen molar-refractivity contribution in [1.82, 2.24) is 0 Å². The van der Waals surface area contributed by atoms with Gasteiger partial charge in [-0.25, -0.2) is 4.79 Å². The van der Waals surface area contributed by atoms with E-state index in [2.05, 4.69) is 0 Å². The first kappa shape index (κ1) is 16.0. The van der Waals surface area contributed by atoms with Crippen molar-refractivity contribution in [3.8, 4) is 11.5 Å². The first-order valence-electron chi connectivity index (χ1n) is 6.60. The van der Waals surface area contributed by atoms with E-state index in [0.29, 0.717) is 10.8 Å². The summed E-state index contributed by atoms with van der Waals surface area (Å²) >= 11 is 6.02. The van der Waals surface area contributed by atoms with Crippen molar-refractivity contribution in [2.45, 2.75) is 13.8 Å². The molecule has 0 bridgehead atoms. The number of para-hydroxylation sites is 1. The monoisotopic (exact) mass is 318 g/mol. The maximum absolute atomic E-state index is 12.3. The Bertz CT molecular complexity index is 737. The van der Waals surface area contributed by atoms with E-state index >= 15 is 0 Å². The van der Waals surface area contributed by atoms with Gasteiger partial charge in [-0.2, -0.15) is 0 Å². The zero-order valence-electron chi connectivity index (χ0n) is 12.5. The van der Waals surface area contributed by atoms with E-state index in [-0.39, 0.29) is 22.7 Å². The summed E-state index contributed by atoms with van der Waals surface area (Å²) in [5, 5.41) is 0.447. The Hall–Kier alpha value is -2.33. The number of rotatable bonds is 4. The minimum atomic E-state index is -0.596. The van der Waals surface area contributed by atoms with Crippen LogP contribution >= 0.6 is 11.6 Å². The van der Waals surface area contributed by atoms with Crippen LogP contribution in [0.1, 0.15) is 33.2 Å². The number of halogens is 1. The molecule has 22 heavy (non-hydrogen) atoms. The highest BCUT2D eigenvalue weighted by Crippen LogP contribution is 2.29. The van der Waals surface area contributed by atoms with Crippen LogP contribution in [0.4, 0.5) is 0 Å². The van der Waals surface area contributed by atoms with Crippen LogP contribution in [0.2, 0.25) is 5.02 Å². The summed E-state index contributed by atoms with van der Waals surface area (Å²) < 4.78 is 10.5. The molecule has 0 spiro atoms. The summed E-state index contributed by atoms with van der Waals surface area (Å²) in [6.07, 6.45) is 0. The maximum Gasteiger partial charge on any atom is 0.347 e. The van der Waals surface area contributed by atoms with E-state index in [1.807, 2.05) is 0 Å². The highest BCUT2D eigenvalue weighted by atomic mass is 35.5. The van der Waals surface area contributed by atoms with Gasteiger partial charge in [0.15, 0.2) is 5.78 Å². The molecule has 2 rings (SSSR count). The molecule has 0 aliphatic heterocycles. The molecule has 0 aromatic heterocycles. The third-order valence-corrected chi connectivity index (χ3v) is 3.58. The van der Waals surface area contributed by atoms with Gasteiger partial charge in [0.1, 0.15) is 17.1 Å². The van der Waals surface area contributed by atoms with Crippen LogP contribution in [-0.4, -0.2) is 18.9 Å². The minimum Gasteiger partial charge on any atom is -0.496 e. The summed E-state index contributed by atoms with van der Waals surface area (Å²) in [4.78, 5) is 24.0. The molecular weight excluding hydrogens is 304 g/mol. The molecule has 0 radical (unpaired) electrons. The molecular formula is C17H15ClO4. The van der Waals surface area contributed by atoms with Crippen molar-refractivity contribution >= 4 is 23.4 Å².